The van der Waals surface area contributed by atoms with E-state index in [1.807, 2.05) is 18.2 Å². The molecule has 16 heavy (non-hydrogen) atoms. The number of benzene rings is 1. The summed E-state index contributed by atoms with van der Waals surface area (Å²) in [6, 6.07) is 5.77. The van der Waals surface area contributed by atoms with Gasteiger partial charge < -0.3 is 9.64 Å². The van der Waals surface area contributed by atoms with Crippen molar-refractivity contribution < 1.29 is 4.74 Å². The van der Waals surface area contributed by atoms with Crippen LogP contribution in [0.2, 0.25) is 5.02 Å². The third kappa shape index (κ3) is 3.31. The summed E-state index contributed by atoms with van der Waals surface area (Å²) in [6.45, 7) is 6.43. The van der Waals surface area contributed by atoms with Gasteiger partial charge in [0.1, 0.15) is 5.75 Å². The summed E-state index contributed by atoms with van der Waals surface area (Å²) in [5.41, 5.74) is 1.10. The summed E-state index contributed by atoms with van der Waals surface area (Å²) < 4.78 is 5.37. The molecule has 0 aliphatic heterocycles. The molecule has 0 spiro atoms. The normalized spacial score (nSPS) is 10.2. The quantitative estimate of drug-likeness (QED) is 0.747. The minimum absolute atomic E-state index is 0.757. The topological polar surface area (TPSA) is 12.5 Å². The smallest absolute Gasteiger partial charge is 0.142 e. The van der Waals surface area contributed by atoms with E-state index in [2.05, 4.69) is 18.7 Å². The standard InChI is InChI=1S/C13H20ClNO/c1-4-8-15(9-5-2)12-10-11(14)6-7-13(12)16-3/h6-7,10H,4-5,8-9H2,1-3H3. The van der Waals surface area contributed by atoms with Gasteiger partial charge in [-0.15, -0.1) is 0 Å². The van der Waals surface area contributed by atoms with Gasteiger partial charge in [-0.25, -0.2) is 0 Å². The maximum Gasteiger partial charge on any atom is 0.142 e. The van der Waals surface area contributed by atoms with Gasteiger partial charge in [-0.1, -0.05) is 25.4 Å². The van der Waals surface area contributed by atoms with Crippen molar-refractivity contribution in [2.45, 2.75) is 26.7 Å². The molecule has 3 heteroatoms. The molecule has 1 rings (SSSR count). The van der Waals surface area contributed by atoms with Gasteiger partial charge in [-0.3, -0.25) is 0 Å². The first kappa shape index (κ1) is 13.2. The van der Waals surface area contributed by atoms with Crippen LogP contribution in [0.25, 0.3) is 0 Å². The first-order valence-electron chi connectivity index (χ1n) is 5.81. The van der Waals surface area contributed by atoms with E-state index < -0.39 is 0 Å². The van der Waals surface area contributed by atoms with Crippen molar-refractivity contribution in [1.82, 2.24) is 0 Å². The largest absolute Gasteiger partial charge is 0.495 e. The SMILES string of the molecule is CCCN(CCC)c1cc(Cl)ccc1OC. The van der Waals surface area contributed by atoms with Crippen molar-refractivity contribution in [3.8, 4) is 5.75 Å². The predicted octanol–water partition coefficient (Wildman–Crippen LogP) is 3.98. The molecule has 1 aromatic carbocycles. The average Bonchev–Trinajstić information content (AvgIpc) is 2.29. The number of hydrogen-bond acceptors (Lipinski definition) is 2. The Morgan fingerprint density at radius 3 is 2.31 bits per heavy atom. The van der Waals surface area contributed by atoms with Crippen LogP contribution < -0.4 is 9.64 Å². The fourth-order valence-electron chi connectivity index (χ4n) is 1.80. The molecule has 0 bridgehead atoms. The van der Waals surface area contributed by atoms with Crippen LogP contribution in [0.5, 0.6) is 5.75 Å². The van der Waals surface area contributed by atoms with Crippen molar-refractivity contribution in [2.75, 3.05) is 25.1 Å². The van der Waals surface area contributed by atoms with Gasteiger partial charge in [0.15, 0.2) is 0 Å². The Bertz CT molecular complexity index is 322. The molecule has 0 aliphatic carbocycles. The minimum Gasteiger partial charge on any atom is -0.495 e. The molecule has 0 atom stereocenters. The maximum absolute atomic E-state index is 6.04. The van der Waals surface area contributed by atoms with E-state index in [9.17, 15) is 0 Å². The molecule has 2 nitrogen and oxygen atoms in total. The maximum atomic E-state index is 6.04. The Morgan fingerprint density at radius 1 is 1.19 bits per heavy atom. The van der Waals surface area contributed by atoms with Crippen molar-refractivity contribution in [2.24, 2.45) is 0 Å². The van der Waals surface area contributed by atoms with Crippen LogP contribution in [-0.4, -0.2) is 20.2 Å². The van der Waals surface area contributed by atoms with E-state index in [1.165, 1.54) is 0 Å². The van der Waals surface area contributed by atoms with Crippen LogP contribution in [0.15, 0.2) is 18.2 Å². The number of methoxy groups -OCH3 is 1. The van der Waals surface area contributed by atoms with Crippen LogP contribution >= 0.6 is 11.6 Å². The summed E-state index contributed by atoms with van der Waals surface area (Å²) >= 11 is 6.04. The fraction of sp³-hybridized carbons (Fsp3) is 0.538. The zero-order chi connectivity index (χ0) is 12.0. The number of rotatable bonds is 6. The Morgan fingerprint density at radius 2 is 1.81 bits per heavy atom. The van der Waals surface area contributed by atoms with Crippen LogP contribution in [0.1, 0.15) is 26.7 Å². The summed E-state index contributed by atoms with van der Waals surface area (Å²) in [5.74, 6) is 0.895. The molecule has 0 amide bonds. The minimum atomic E-state index is 0.757. The Hall–Kier alpha value is -0.890. The highest BCUT2D eigenvalue weighted by Crippen LogP contribution is 2.31. The molecule has 0 heterocycles. The van der Waals surface area contributed by atoms with E-state index in [4.69, 9.17) is 16.3 Å². The zero-order valence-electron chi connectivity index (χ0n) is 10.3. The van der Waals surface area contributed by atoms with Crippen LogP contribution in [0, 0.1) is 0 Å². The second-order valence-electron chi connectivity index (χ2n) is 3.80. The molecule has 0 aliphatic rings. The van der Waals surface area contributed by atoms with Gasteiger partial charge in [0.05, 0.1) is 12.8 Å². The molecule has 0 saturated carbocycles. The predicted molar refractivity (Wildman–Crippen MR) is 70.8 cm³/mol. The summed E-state index contributed by atoms with van der Waals surface area (Å²) in [7, 11) is 1.70. The van der Waals surface area contributed by atoms with E-state index in [0.717, 1.165) is 42.4 Å². The number of nitrogens with zero attached hydrogens (tertiary/aromatic N) is 1. The van der Waals surface area contributed by atoms with Gasteiger partial charge in [0.25, 0.3) is 0 Å². The lowest BCUT2D eigenvalue weighted by atomic mass is 10.2. The number of anilines is 1. The van der Waals surface area contributed by atoms with Crippen LogP contribution in [0.3, 0.4) is 0 Å². The van der Waals surface area contributed by atoms with Gasteiger partial charge in [-0.05, 0) is 31.0 Å². The lowest BCUT2D eigenvalue weighted by Crippen LogP contribution is -2.25. The molecule has 0 fully saturated rings. The number of ether oxygens (including phenoxy) is 1. The van der Waals surface area contributed by atoms with Crippen molar-refractivity contribution in [3.63, 3.8) is 0 Å². The Balaban J connectivity index is 3.00. The summed E-state index contributed by atoms with van der Waals surface area (Å²) in [4.78, 5) is 2.32. The van der Waals surface area contributed by atoms with Gasteiger partial charge in [0.2, 0.25) is 0 Å². The van der Waals surface area contributed by atoms with Crippen LogP contribution in [-0.2, 0) is 0 Å². The number of halogens is 1. The Labute approximate surface area is 103 Å². The molecule has 0 aromatic heterocycles. The van der Waals surface area contributed by atoms with E-state index in [-0.39, 0.29) is 0 Å². The molecule has 0 saturated heterocycles. The average molecular weight is 242 g/mol. The first-order chi connectivity index (χ1) is 7.72. The first-order valence-corrected chi connectivity index (χ1v) is 6.19. The highest BCUT2D eigenvalue weighted by molar-refractivity contribution is 6.30. The second kappa shape index (κ2) is 6.64. The third-order valence-electron chi connectivity index (χ3n) is 2.47. The van der Waals surface area contributed by atoms with Gasteiger partial charge in [-0.2, -0.15) is 0 Å². The molecular formula is C13H20ClNO. The highest BCUT2D eigenvalue weighted by atomic mass is 35.5. The summed E-state index contributed by atoms with van der Waals surface area (Å²) in [6.07, 6.45) is 2.24. The number of hydrogen-bond donors (Lipinski definition) is 0. The third-order valence-corrected chi connectivity index (χ3v) is 2.70. The lowest BCUT2D eigenvalue weighted by Gasteiger charge is -2.25. The van der Waals surface area contributed by atoms with Gasteiger partial charge in [0, 0.05) is 18.1 Å². The van der Waals surface area contributed by atoms with E-state index >= 15 is 0 Å². The van der Waals surface area contributed by atoms with Gasteiger partial charge >= 0.3 is 0 Å². The monoisotopic (exact) mass is 241 g/mol. The molecule has 90 valence electrons. The van der Waals surface area contributed by atoms with E-state index in [1.54, 1.807) is 7.11 Å². The molecular weight excluding hydrogens is 222 g/mol. The van der Waals surface area contributed by atoms with Crippen LogP contribution in [0.4, 0.5) is 5.69 Å². The highest BCUT2D eigenvalue weighted by Gasteiger charge is 2.10. The summed E-state index contributed by atoms with van der Waals surface area (Å²) in [5, 5.41) is 0.757. The van der Waals surface area contributed by atoms with E-state index in [0.29, 0.717) is 0 Å². The second-order valence-corrected chi connectivity index (χ2v) is 4.24. The fourth-order valence-corrected chi connectivity index (χ4v) is 1.97. The molecule has 1 aromatic rings. The molecule has 0 unspecified atom stereocenters. The molecule has 0 radical (unpaired) electrons. The van der Waals surface area contributed by atoms with Crippen molar-refractivity contribution in [1.29, 1.82) is 0 Å². The van der Waals surface area contributed by atoms with Crippen molar-refractivity contribution >= 4 is 17.3 Å². The zero-order valence-corrected chi connectivity index (χ0v) is 11.0. The Kier molecular flexibility index (Phi) is 5.47. The molecule has 0 N–H and O–H groups in total. The lowest BCUT2D eigenvalue weighted by molar-refractivity contribution is 0.414. The van der Waals surface area contributed by atoms with Crippen molar-refractivity contribution in [3.05, 3.63) is 23.2 Å².